The van der Waals surface area contributed by atoms with Crippen molar-refractivity contribution in [3.8, 4) is 0 Å². The Kier molecular flexibility index (Phi) is 8.71. The molecule has 10 heteroatoms. The van der Waals surface area contributed by atoms with Crippen LogP contribution in [-0.4, -0.2) is 9.79 Å². The van der Waals surface area contributed by atoms with Crippen LogP contribution in [0, 0.1) is 0 Å². The summed E-state index contributed by atoms with van der Waals surface area (Å²) in [5, 5.41) is -0.157. The summed E-state index contributed by atoms with van der Waals surface area (Å²) >= 11 is 0. The van der Waals surface area contributed by atoms with Gasteiger partial charge in [-0.25, -0.2) is 0 Å². The average Bonchev–Trinajstić information content (AvgIpc) is 2.01. The Balaban J connectivity index is 0. The third-order valence-electron chi connectivity index (χ3n) is 1.07. The van der Waals surface area contributed by atoms with Crippen molar-refractivity contribution in [2.45, 2.75) is 0 Å². The second-order valence-corrected chi connectivity index (χ2v) is 4.82. The summed E-state index contributed by atoms with van der Waals surface area (Å²) in [5.74, 6) is 0. The smallest absolute Gasteiger partial charge is 0.807 e. The van der Waals surface area contributed by atoms with E-state index in [9.17, 15) is 14.4 Å². The molecule has 0 saturated carbocycles. The Morgan fingerprint density at radius 3 is 1.44 bits per heavy atom. The van der Waals surface area contributed by atoms with Crippen LogP contribution in [0.2, 0.25) is 0 Å². The molecule has 1 rings (SSSR count). The first-order chi connectivity index (χ1) is 6.61. The third kappa shape index (κ3) is 12.3. The van der Waals surface area contributed by atoms with E-state index in [0.29, 0.717) is 0 Å². The summed E-state index contributed by atoms with van der Waals surface area (Å²) in [6.07, 6.45) is 0. The van der Waals surface area contributed by atoms with E-state index in [2.05, 4.69) is 0 Å². The molecular weight excluding hydrogens is 294 g/mol. The Bertz CT molecular complexity index is 375. The molecule has 1 aromatic rings. The first-order valence-electron chi connectivity index (χ1n) is 3.45. The van der Waals surface area contributed by atoms with Gasteiger partial charge in [0.15, 0.2) is 0 Å². The van der Waals surface area contributed by atoms with Crippen LogP contribution in [-0.2, 0) is 30.8 Å². The molecule has 0 aliphatic heterocycles. The fourth-order valence-corrected chi connectivity index (χ4v) is 1.15. The van der Waals surface area contributed by atoms with E-state index in [1.807, 2.05) is 0 Å². The molecule has 0 heterocycles. The molecule has 1 radical (unpaired) electrons. The zero-order chi connectivity index (χ0) is 12.1. The number of hydrogen-bond donors (Lipinski definition) is 2. The topological polar surface area (TPSA) is 144 Å². The van der Waals surface area contributed by atoms with Crippen molar-refractivity contribution in [1.29, 1.82) is 0 Å². The van der Waals surface area contributed by atoms with E-state index >= 15 is 0 Å². The third-order valence-corrected chi connectivity index (χ3v) is 2.00. The Morgan fingerprint density at radius 2 is 1.25 bits per heavy atom. The molecule has 0 spiro atoms. The van der Waals surface area contributed by atoms with E-state index in [0.717, 1.165) is 0 Å². The summed E-state index contributed by atoms with van der Waals surface area (Å²) in [7, 11) is -9.41. The van der Waals surface area contributed by atoms with Gasteiger partial charge in [-0.2, -0.15) is 0 Å². The molecule has 0 unspecified atom stereocenters. The summed E-state index contributed by atoms with van der Waals surface area (Å²) < 4.78 is 19.1. The van der Waals surface area contributed by atoms with Crippen LogP contribution in [0.25, 0.3) is 0 Å². The maximum Gasteiger partial charge on any atom is 3.00 e. The van der Waals surface area contributed by atoms with E-state index in [-0.39, 0.29) is 27.0 Å². The van der Waals surface area contributed by atoms with Crippen LogP contribution in [0.5, 0.6) is 0 Å². The molecule has 0 atom stereocenters. The van der Waals surface area contributed by atoms with Crippen LogP contribution in [0.1, 0.15) is 0 Å². The minimum Gasteiger partial charge on any atom is -0.807 e. The van der Waals surface area contributed by atoms with Gasteiger partial charge < -0.3 is 29.0 Å². The number of benzene rings is 1. The van der Waals surface area contributed by atoms with Gasteiger partial charge in [0.25, 0.3) is 7.82 Å². The minimum atomic E-state index is -4.89. The second kappa shape index (κ2) is 7.51. The molecule has 0 aliphatic rings. The van der Waals surface area contributed by atoms with Crippen LogP contribution in [0.3, 0.4) is 0 Å². The van der Waals surface area contributed by atoms with E-state index in [1.54, 1.807) is 6.07 Å². The Labute approximate surface area is 106 Å². The van der Waals surface area contributed by atoms with Crippen molar-refractivity contribution in [1.82, 2.24) is 0 Å². The van der Waals surface area contributed by atoms with Crippen molar-refractivity contribution >= 4 is 20.7 Å². The molecular formula is C6H7O7P2Ti. The van der Waals surface area contributed by atoms with Crippen LogP contribution in [0.4, 0.5) is 0 Å². The molecule has 0 saturated heterocycles. The molecule has 7 nitrogen and oxygen atoms in total. The molecule has 0 aromatic heterocycles. The number of hydrogen-bond acceptors (Lipinski definition) is 5. The Hall–Kier alpha value is 0.194. The summed E-state index contributed by atoms with van der Waals surface area (Å²) in [6, 6.07) is 7.23. The quantitative estimate of drug-likeness (QED) is 0.437. The van der Waals surface area contributed by atoms with Crippen LogP contribution in [0.15, 0.2) is 30.3 Å². The second-order valence-electron chi connectivity index (χ2n) is 2.32. The molecule has 2 N–H and O–H groups in total. The molecule has 16 heavy (non-hydrogen) atoms. The number of phosphoric acid groups is 1. The maximum absolute atomic E-state index is 10.3. The van der Waals surface area contributed by atoms with Gasteiger partial charge in [-0.05, 0) is 12.9 Å². The predicted molar refractivity (Wildman–Crippen MR) is 45.7 cm³/mol. The Morgan fingerprint density at radius 1 is 0.938 bits per heavy atom. The molecule has 1 aromatic carbocycles. The summed E-state index contributed by atoms with van der Waals surface area (Å²) in [5.41, 5.74) is 0. The average molecular weight is 301 g/mol. The van der Waals surface area contributed by atoms with Gasteiger partial charge in [-0.3, -0.25) is 4.57 Å². The van der Waals surface area contributed by atoms with Crippen molar-refractivity contribution in [3.63, 3.8) is 0 Å². The molecule has 0 amide bonds. The summed E-state index contributed by atoms with van der Waals surface area (Å²) in [6.45, 7) is 0. The van der Waals surface area contributed by atoms with Crippen molar-refractivity contribution in [2.75, 3.05) is 0 Å². The van der Waals surface area contributed by atoms with Crippen molar-refractivity contribution < 1.29 is 55.3 Å². The number of rotatable bonds is 1. The van der Waals surface area contributed by atoms with E-state index < -0.39 is 15.4 Å². The van der Waals surface area contributed by atoms with Gasteiger partial charge in [-0.1, -0.05) is 30.3 Å². The molecule has 0 bridgehead atoms. The molecule has 0 fully saturated rings. The molecule has 0 aliphatic carbocycles. The van der Waals surface area contributed by atoms with E-state index in [1.165, 1.54) is 24.3 Å². The summed E-state index contributed by atoms with van der Waals surface area (Å²) in [4.78, 5) is 43.5. The minimum absolute atomic E-state index is 0. The largest absolute Gasteiger partial charge is 3.00 e. The standard InChI is InChI=1S/C6H7O3P.H3O4P.Ti/c7-10(8,9)6-4-2-1-3-5-6;1-5(2,3)4;/h1-5H,(H2,7,8,9);(H3,1,2,3,4);/q;;+3/p-3. The normalized spacial score (nSPS) is 10.8. The molecule has 87 valence electrons. The van der Waals surface area contributed by atoms with Gasteiger partial charge in [0.05, 0.1) is 0 Å². The van der Waals surface area contributed by atoms with Crippen LogP contribution < -0.4 is 20.0 Å². The van der Waals surface area contributed by atoms with Crippen molar-refractivity contribution in [3.05, 3.63) is 30.3 Å². The first-order valence-corrected chi connectivity index (χ1v) is 6.52. The zero-order valence-electron chi connectivity index (χ0n) is 7.72. The van der Waals surface area contributed by atoms with Gasteiger partial charge in [0, 0.05) is 0 Å². The monoisotopic (exact) mass is 301 g/mol. The maximum atomic E-state index is 10.3. The van der Waals surface area contributed by atoms with Gasteiger partial charge in [0.1, 0.15) is 0 Å². The van der Waals surface area contributed by atoms with Gasteiger partial charge in [0.2, 0.25) is 0 Å². The SMILES string of the molecule is O=P([O-])(O)O.O=P([O-])([O-])c1ccccc1.[Ti+3]. The van der Waals surface area contributed by atoms with E-state index in [4.69, 9.17) is 19.2 Å². The van der Waals surface area contributed by atoms with Gasteiger partial charge >= 0.3 is 21.7 Å². The first kappa shape index (κ1) is 18.6. The fourth-order valence-electron chi connectivity index (χ4n) is 0.611. The van der Waals surface area contributed by atoms with Gasteiger partial charge in [-0.15, -0.1) is 0 Å². The van der Waals surface area contributed by atoms with Crippen molar-refractivity contribution in [2.24, 2.45) is 0 Å². The zero-order valence-corrected chi connectivity index (χ0v) is 11.1. The fraction of sp³-hybridized carbons (Fsp3) is 0. The van der Waals surface area contributed by atoms with Crippen LogP contribution >= 0.6 is 15.4 Å². The predicted octanol–water partition coefficient (Wildman–Crippen LogP) is -2.34.